The van der Waals surface area contributed by atoms with E-state index in [9.17, 15) is 16.8 Å². The average molecular weight is 409 g/mol. The molecule has 3 rings (SSSR count). The quantitative estimate of drug-likeness (QED) is 0.667. The molecule has 27 heavy (non-hydrogen) atoms. The fourth-order valence-corrected chi connectivity index (χ4v) is 4.92. The van der Waals surface area contributed by atoms with Gasteiger partial charge in [0.05, 0.1) is 26.9 Å². The summed E-state index contributed by atoms with van der Waals surface area (Å²) in [4.78, 5) is 4.20. The Balaban J connectivity index is 2.04. The standard InChI is InChI=1S/C17H20N4O4S2/c1-11(2)27(24,25)21-16-8-7-13(10-15(16)19-17(21)18)20-26(22,23)14-6-4-5-12(3)9-14/h4-11,20H,1-3H3,(H2,18,19). The van der Waals surface area contributed by atoms with E-state index in [0.29, 0.717) is 5.52 Å². The molecule has 0 fully saturated rings. The van der Waals surface area contributed by atoms with E-state index in [4.69, 9.17) is 5.73 Å². The summed E-state index contributed by atoms with van der Waals surface area (Å²) in [5.74, 6) is -0.169. The lowest BCUT2D eigenvalue weighted by Crippen LogP contribution is -2.23. The number of sulfonamides is 1. The van der Waals surface area contributed by atoms with E-state index in [1.807, 2.05) is 0 Å². The Labute approximate surface area is 158 Å². The molecule has 8 nitrogen and oxygen atoms in total. The van der Waals surface area contributed by atoms with Gasteiger partial charge in [0, 0.05) is 0 Å². The number of hydrogen-bond donors (Lipinski definition) is 2. The Hall–Kier alpha value is -2.59. The van der Waals surface area contributed by atoms with Gasteiger partial charge in [-0.05, 0) is 56.7 Å². The van der Waals surface area contributed by atoms with Gasteiger partial charge in [-0.15, -0.1) is 0 Å². The molecule has 10 heteroatoms. The van der Waals surface area contributed by atoms with E-state index in [0.717, 1.165) is 9.54 Å². The first-order valence-corrected chi connectivity index (χ1v) is 11.1. The fraction of sp³-hybridized carbons (Fsp3) is 0.235. The maximum Gasteiger partial charge on any atom is 0.261 e. The van der Waals surface area contributed by atoms with Gasteiger partial charge in [-0.25, -0.2) is 25.8 Å². The summed E-state index contributed by atoms with van der Waals surface area (Å²) in [6.45, 7) is 4.89. The molecule has 0 saturated carbocycles. The normalized spacial score (nSPS) is 12.6. The largest absolute Gasteiger partial charge is 0.368 e. The van der Waals surface area contributed by atoms with E-state index in [1.54, 1.807) is 39.0 Å². The smallest absolute Gasteiger partial charge is 0.261 e. The lowest BCUT2D eigenvalue weighted by molar-refractivity contribution is 0.580. The van der Waals surface area contributed by atoms with Crippen molar-refractivity contribution in [2.45, 2.75) is 30.9 Å². The van der Waals surface area contributed by atoms with Gasteiger partial charge in [0.1, 0.15) is 0 Å². The second-order valence-corrected chi connectivity index (χ2v) is 10.5. The van der Waals surface area contributed by atoms with Crippen molar-refractivity contribution in [1.82, 2.24) is 8.96 Å². The van der Waals surface area contributed by atoms with E-state index < -0.39 is 25.3 Å². The van der Waals surface area contributed by atoms with Gasteiger partial charge in [-0.2, -0.15) is 0 Å². The zero-order valence-electron chi connectivity index (χ0n) is 15.0. The van der Waals surface area contributed by atoms with E-state index in [1.165, 1.54) is 24.3 Å². The summed E-state index contributed by atoms with van der Waals surface area (Å²) < 4.78 is 53.5. The van der Waals surface area contributed by atoms with Gasteiger partial charge in [0.2, 0.25) is 16.0 Å². The zero-order valence-corrected chi connectivity index (χ0v) is 16.7. The molecule has 3 aromatic rings. The van der Waals surface area contributed by atoms with Crippen LogP contribution in [0, 0.1) is 6.92 Å². The van der Waals surface area contributed by atoms with Gasteiger partial charge < -0.3 is 5.73 Å². The molecule has 0 atom stereocenters. The van der Waals surface area contributed by atoms with Gasteiger partial charge in [-0.1, -0.05) is 12.1 Å². The highest BCUT2D eigenvalue weighted by Crippen LogP contribution is 2.26. The number of aromatic nitrogens is 2. The van der Waals surface area contributed by atoms with Crippen LogP contribution in [0.1, 0.15) is 19.4 Å². The lowest BCUT2D eigenvalue weighted by atomic mass is 10.2. The zero-order chi connectivity index (χ0) is 20.0. The molecular weight excluding hydrogens is 388 g/mol. The molecule has 0 spiro atoms. The van der Waals surface area contributed by atoms with Crippen molar-refractivity contribution in [3.05, 3.63) is 48.0 Å². The minimum absolute atomic E-state index is 0.134. The number of fused-ring (bicyclic) bond motifs is 1. The Morgan fingerprint density at radius 3 is 2.41 bits per heavy atom. The Bertz CT molecular complexity index is 1230. The number of hydrogen-bond acceptors (Lipinski definition) is 6. The van der Waals surface area contributed by atoms with Crippen LogP contribution in [0.15, 0.2) is 47.4 Å². The van der Waals surface area contributed by atoms with Crippen LogP contribution in [0.4, 0.5) is 11.6 Å². The average Bonchev–Trinajstić information content (AvgIpc) is 2.90. The SMILES string of the molecule is Cc1cccc(S(=O)(=O)Nc2ccc3c(c2)nc(N)n3S(=O)(=O)C(C)C)c1. The van der Waals surface area contributed by atoms with Gasteiger partial charge in [-0.3, -0.25) is 4.72 Å². The summed E-state index contributed by atoms with van der Waals surface area (Å²) >= 11 is 0. The molecule has 3 N–H and O–H groups in total. The van der Waals surface area contributed by atoms with Crippen molar-refractivity contribution in [2.75, 3.05) is 10.5 Å². The van der Waals surface area contributed by atoms with Gasteiger partial charge in [0.25, 0.3) is 10.0 Å². The first kappa shape index (κ1) is 19.2. The molecule has 0 aliphatic carbocycles. The highest BCUT2D eigenvalue weighted by atomic mass is 32.2. The number of imidazole rings is 1. The molecule has 0 aliphatic rings. The molecular formula is C17H20N4O4S2. The molecule has 0 unspecified atom stereocenters. The second kappa shape index (κ2) is 6.54. The third kappa shape index (κ3) is 3.50. The predicted octanol–water partition coefficient (Wildman–Crippen LogP) is 2.31. The highest BCUT2D eigenvalue weighted by molar-refractivity contribution is 7.92. The van der Waals surface area contributed by atoms with Crippen molar-refractivity contribution < 1.29 is 16.8 Å². The molecule has 2 aromatic carbocycles. The Morgan fingerprint density at radius 1 is 1.07 bits per heavy atom. The molecule has 144 valence electrons. The molecule has 0 amide bonds. The van der Waals surface area contributed by atoms with Crippen LogP contribution in [0.2, 0.25) is 0 Å². The van der Waals surface area contributed by atoms with Crippen molar-refractivity contribution in [3.63, 3.8) is 0 Å². The Kier molecular flexibility index (Phi) is 4.64. The van der Waals surface area contributed by atoms with Crippen LogP contribution in [-0.4, -0.2) is 31.0 Å². The van der Waals surface area contributed by atoms with Crippen molar-refractivity contribution in [1.29, 1.82) is 0 Å². The first-order chi connectivity index (χ1) is 12.5. The monoisotopic (exact) mass is 408 g/mol. The number of rotatable bonds is 5. The lowest BCUT2D eigenvalue weighted by Gasteiger charge is -2.11. The number of aryl methyl sites for hydroxylation is 1. The number of benzene rings is 2. The van der Waals surface area contributed by atoms with Gasteiger partial charge in [0.15, 0.2) is 0 Å². The second-order valence-electron chi connectivity index (χ2n) is 6.45. The molecule has 0 saturated heterocycles. The van der Waals surface area contributed by atoms with Crippen molar-refractivity contribution in [2.24, 2.45) is 0 Å². The van der Waals surface area contributed by atoms with E-state index in [-0.39, 0.29) is 22.0 Å². The number of nitrogens with two attached hydrogens (primary N) is 1. The van der Waals surface area contributed by atoms with Crippen LogP contribution in [0.3, 0.4) is 0 Å². The predicted molar refractivity (Wildman–Crippen MR) is 106 cm³/mol. The maximum atomic E-state index is 12.6. The van der Waals surface area contributed by atoms with Crippen LogP contribution in [0.5, 0.6) is 0 Å². The molecule has 1 heterocycles. The Morgan fingerprint density at radius 2 is 1.78 bits per heavy atom. The number of nitrogen functional groups attached to an aromatic ring is 1. The third-order valence-electron chi connectivity index (χ3n) is 4.04. The van der Waals surface area contributed by atoms with Crippen LogP contribution >= 0.6 is 0 Å². The van der Waals surface area contributed by atoms with E-state index in [2.05, 4.69) is 9.71 Å². The number of nitrogens with one attached hydrogen (secondary N) is 1. The van der Waals surface area contributed by atoms with Gasteiger partial charge >= 0.3 is 0 Å². The van der Waals surface area contributed by atoms with Crippen molar-refractivity contribution >= 4 is 42.7 Å². The summed E-state index contributed by atoms with van der Waals surface area (Å²) in [5, 5.41) is -0.684. The topological polar surface area (TPSA) is 124 Å². The molecule has 1 aromatic heterocycles. The minimum atomic E-state index is -3.78. The maximum absolute atomic E-state index is 12.6. The van der Waals surface area contributed by atoms with E-state index >= 15 is 0 Å². The molecule has 0 bridgehead atoms. The summed E-state index contributed by atoms with van der Waals surface area (Å²) in [6.07, 6.45) is 0. The summed E-state index contributed by atoms with van der Waals surface area (Å²) in [7, 11) is -7.48. The van der Waals surface area contributed by atoms with Crippen LogP contribution < -0.4 is 10.5 Å². The number of nitrogens with zero attached hydrogens (tertiary/aromatic N) is 2. The van der Waals surface area contributed by atoms with Crippen LogP contribution in [0.25, 0.3) is 11.0 Å². The number of anilines is 2. The summed E-state index contributed by atoms with van der Waals surface area (Å²) in [6, 6.07) is 10.9. The third-order valence-corrected chi connectivity index (χ3v) is 7.50. The highest BCUT2D eigenvalue weighted by Gasteiger charge is 2.24. The molecule has 0 radical (unpaired) electrons. The fourth-order valence-electron chi connectivity index (χ4n) is 2.62. The first-order valence-electron chi connectivity index (χ1n) is 8.14. The van der Waals surface area contributed by atoms with Crippen LogP contribution in [-0.2, 0) is 20.0 Å². The minimum Gasteiger partial charge on any atom is -0.368 e. The van der Waals surface area contributed by atoms with Crippen molar-refractivity contribution in [3.8, 4) is 0 Å². The summed E-state index contributed by atoms with van der Waals surface area (Å²) in [5.41, 5.74) is 7.44. The molecule has 0 aliphatic heterocycles.